The SMILES string of the molecule is Cc1c(-n2cc(C(C)Cl)nn2)cccc1[N+](=O)[O-]. The zero-order chi connectivity index (χ0) is 13.3. The molecule has 0 amide bonds. The quantitative estimate of drug-likeness (QED) is 0.486. The van der Waals surface area contributed by atoms with Gasteiger partial charge in [0.1, 0.15) is 5.69 Å². The van der Waals surface area contributed by atoms with Crippen LogP contribution in [-0.4, -0.2) is 19.9 Å². The van der Waals surface area contributed by atoms with Gasteiger partial charge in [-0.2, -0.15) is 0 Å². The number of nitro groups is 1. The fourth-order valence-electron chi connectivity index (χ4n) is 1.63. The number of rotatable bonds is 3. The average molecular weight is 267 g/mol. The van der Waals surface area contributed by atoms with Gasteiger partial charge in [-0.05, 0) is 19.9 Å². The third kappa shape index (κ3) is 2.19. The molecule has 0 aliphatic heterocycles. The first kappa shape index (κ1) is 12.5. The van der Waals surface area contributed by atoms with Crippen molar-refractivity contribution in [3.8, 4) is 5.69 Å². The molecule has 0 fully saturated rings. The Morgan fingerprint density at radius 2 is 2.22 bits per heavy atom. The van der Waals surface area contributed by atoms with E-state index in [1.54, 1.807) is 32.2 Å². The van der Waals surface area contributed by atoms with Gasteiger partial charge in [0.2, 0.25) is 0 Å². The van der Waals surface area contributed by atoms with Crippen molar-refractivity contribution < 1.29 is 4.92 Å². The van der Waals surface area contributed by atoms with Gasteiger partial charge in [-0.1, -0.05) is 11.3 Å². The predicted molar refractivity (Wildman–Crippen MR) is 67.0 cm³/mol. The lowest BCUT2D eigenvalue weighted by atomic mass is 10.1. The summed E-state index contributed by atoms with van der Waals surface area (Å²) >= 11 is 5.90. The van der Waals surface area contributed by atoms with Gasteiger partial charge in [0, 0.05) is 6.07 Å². The van der Waals surface area contributed by atoms with Crippen LogP contribution in [0.15, 0.2) is 24.4 Å². The van der Waals surface area contributed by atoms with Crippen molar-refractivity contribution in [2.24, 2.45) is 0 Å². The van der Waals surface area contributed by atoms with Crippen molar-refractivity contribution >= 4 is 17.3 Å². The van der Waals surface area contributed by atoms with Gasteiger partial charge in [-0.15, -0.1) is 16.7 Å². The molecular formula is C11H11ClN4O2. The Bertz CT molecular complexity index is 594. The molecule has 94 valence electrons. The fraction of sp³-hybridized carbons (Fsp3) is 0.273. The fourth-order valence-corrected chi connectivity index (χ4v) is 1.73. The monoisotopic (exact) mass is 266 g/mol. The van der Waals surface area contributed by atoms with Crippen LogP contribution in [0.2, 0.25) is 0 Å². The molecular weight excluding hydrogens is 256 g/mol. The van der Waals surface area contributed by atoms with E-state index in [0.29, 0.717) is 16.9 Å². The second kappa shape index (κ2) is 4.73. The van der Waals surface area contributed by atoms with Crippen molar-refractivity contribution in [1.29, 1.82) is 0 Å². The molecule has 0 aliphatic carbocycles. The van der Waals surface area contributed by atoms with E-state index < -0.39 is 4.92 Å². The highest BCUT2D eigenvalue weighted by Crippen LogP contribution is 2.24. The van der Waals surface area contributed by atoms with E-state index in [4.69, 9.17) is 11.6 Å². The number of hydrogen-bond acceptors (Lipinski definition) is 4. The van der Waals surface area contributed by atoms with E-state index in [1.807, 2.05) is 0 Å². The van der Waals surface area contributed by atoms with Crippen LogP contribution in [0.5, 0.6) is 0 Å². The normalized spacial score (nSPS) is 12.4. The molecule has 0 N–H and O–H groups in total. The average Bonchev–Trinajstić information content (AvgIpc) is 2.78. The Morgan fingerprint density at radius 3 is 2.78 bits per heavy atom. The van der Waals surface area contributed by atoms with E-state index in [9.17, 15) is 10.1 Å². The summed E-state index contributed by atoms with van der Waals surface area (Å²) in [6.45, 7) is 3.47. The Balaban J connectivity index is 2.50. The number of benzene rings is 1. The number of aromatic nitrogens is 3. The highest BCUT2D eigenvalue weighted by molar-refractivity contribution is 6.20. The Hall–Kier alpha value is -1.95. The molecule has 1 aromatic heterocycles. The lowest BCUT2D eigenvalue weighted by Gasteiger charge is -2.04. The van der Waals surface area contributed by atoms with Crippen LogP contribution in [0, 0.1) is 17.0 Å². The van der Waals surface area contributed by atoms with Crippen molar-refractivity contribution in [3.63, 3.8) is 0 Å². The van der Waals surface area contributed by atoms with Crippen LogP contribution in [0.4, 0.5) is 5.69 Å². The van der Waals surface area contributed by atoms with Crippen LogP contribution in [0.1, 0.15) is 23.6 Å². The van der Waals surface area contributed by atoms with Crippen LogP contribution in [0.3, 0.4) is 0 Å². The van der Waals surface area contributed by atoms with Gasteiger partial charge in [0.15, 0.2) is 0 Å². The number of alkyl halides is 1. The van der Waals surface area contributed by atoms with E-state index in [-0.39, 0.29) is 11.1 Å². The molecule has 1 unspecified atom stereocenters. The number of nitrogens with zero attached hydrogens (tertiary/aromatic N) is 4. The van der Waals surface area contributed by atoms with Crippen molar-refractivity contribution in [1.82, 2.24) is 15.0 Å². The first-order valence-electron chi connectivity index (χ1n) is 5.31. The van der Waals surface area contributed by atoms with Gasteiger partial charge < -0.3 is 0 Å². The summed E-state index contributed by atoms with van der Waals surface area (Å²) in [4.78, 5) is 10.4. The smallest absolute Gasteiger partial charge is 0.258 e. The lowest BCUT2D eigenvalue weighted by molar-refractivity contribution is -0.385. The van der Waals surface area contributed by atoms with E-state index in [0.717, 1.165) is 0 Å². The second-order valence-corrected chi connectivity index (χ2v) is 4.54. The van der Waals surface area contributed by atoms with Crippen LogP contribution >= 0.6 is 11.6 Å². The molecule has 0 saturated carbocycles. The summed E-state index contributed by atoms with van der Waals surface area (Å²) in [7, 11) is 0. The molecule has 1 aromatic carbocycles. The lowest BCUT2D eigenvalue weighted by Crippen LogP contribution is -2.01. The van der Waals surface area contributed by atoms with Gasteiger partial charge in [-0.3, -0.25) is 10.1 Å². The minimum atomic E-state index is -0.416. The largest absolute Gasteiger partial charge is 0.274 e. The molecule has 1 atom stereocenters. The Morgan fingerprint density at radius 1 is 1.50 bits per heavy atom. The topological polar surface area (TPSA) is 73.8 Å². The van der Waals surface area contributed by atoms with Crippen molar-refractivity contribution in [3.05, 3.63) is 45.8 Å². The minimum Gasteiger partial charge on any atom is -0.258 e. The van der Waals surface area contributed by atoms with E-state index in [2.05, 4.69) is 10.3 Å². The highest BCUT2D eigenvalue weighted by atomic mass is 35.5. The summed E-state index contributed by atoms with van der Waals surface area (Å²) in [6.07, 6.45) is 1.67. The van der Waals surface area contributed by atoms with Crippen LogP contribution in [-0.2, 0) is 0 Å². The minimum absolute atomic E-state index is 0.0588. The van der Waals surface area contributed by atoms with Gasteiger partial charge in [0.05, 0.1) is 27.7 Å². The molecule has 0 bridgehead atoms. The molecule has 7 heteroatoms. The summed E-state index contributed by atoms with van der Waals surface area (Å²) in [5.74, 6) is 0. The Labute approximate surface area is 108 Å². The van der Waals surface area contributed by atoms with Crippen molar-refractivity contribution in [2.75, 3.05) is 0 Å². The third-order valence-corrected chi connectivity index (χ3v) is 2.86. The molecule has 0 spiro atoms. The molecule has 6 nitrogen and oxygen atoms in total. The number of nitro benzene ring substituents is 1. The van der Waals surface area contributed by atoms with Crippen molar-refractivity contribution in [2.45, 2.75) is 19.2 Å². The first-order valence-corrected chi connectivity index (χ1v) is 5.75. The van der Waals surface area contributed by atoms with E-state index in [1.165, 1.54) is 10.7 Å². The molecule has 0 radical (unpaired) electrons. The second-order valence-electron chi connectivity index (χ2n) is 3.88. The summed E-state index contributed by atoms with van der Waals surface area (Å²) in [5, 5.41) is 18.5. The number of halogens is 1. The maximum absolute atomic E-state index is 10.9. The summed E-state index contributed by atoms with van der Waals surface area (Å²) in [5.41, 5.74) is 1.85. The zero-order valence-corrected chi connectivity index (χ0v) is 10.6. The highest BCUT2D eigenvalue weighted by Gasteiger charge is 2.16. The van der Waals surface area contributed by atoms with Gasteiger partial charge >= 0.3 is 0 Å². The number of hydrogen-bond donors (Lipinski definition) is 0. The molecule has 18 heavy (non-hydrogen) atoms. The standard InChI is InChI=1S/C11H11ClN4O2/c1-7-10(4-3-5-11(7)16(17)18)15-6-9(8(2)12)13-14-15/h3-6,8H,1-2H3. The van der Waals surface area contributed by atoms with Gasteiger partial charge in [-0.25, -0.2) is 4.68 Å². The molecule has 0 aliphatic rings. The Kier molecular flexibility index (Phi) is 3.29. The molecule has 2 aromatic rings. The molecule has 1 heterocycles. The van der Waals surface area contributed by atoms with E-state index >= 15 is 0 Å². The molecule has 0 saturated heterocycles. The summed E-state index contributed by atoms with van der Waals surface area (Å²) in [6, 6.07) is 4.83. The first-order chi connectivity index (χ1) is 8.50. The maximum Gasteiger partial charge on any atom is 0.274 e. The summed E-state index contributed by atoms with van der Waals surface area (Å²) < 4.78 is 1.50. The third-order valence-electron chi connectivity index (χ3n) is 2.64. The zero-order valence-electron chi connectivity index (χ0n) is 9.87. The molecule has 2 rings (SSSR count). The van der Waals surface area contributed by atoms with Crippen LogP contribution < -0.4 is 0 Å². The van der Waals surface area contributed by atoms with Gasteiger partial charge in [0.25, 0.3) is 5.69 Å². The van der Waals surface area contributed by atoms with Crippen LogP contribution in [0.25, 0.3) is 5.69 Å². The predicted octanol–water partition coefficient (Wildman–Crippen LogP) is 2.78. The maximum atomic E-state index is 10.9.